The number of hydrogen-bond donors (Lipinski definition) is 3. The van der Waals surface area contributed by atoms with E-state index in [0.717, 1.165) is 120 Å². The second kappa shape index (κ2) is 28.1. The molecule has 29 unspecified atom stereocenters. The van der Waals surface area contributed by atoms with E-state index in [4.69, 9.17) is 0 Å². The Hall–Kier alpha value is -0.900. The third-order valence-corrected chi connectivity index (χ3v) is 34.1. The molecule has 3 nitrogen and oxygen atoms in total. The molecule has 3 heteroatoms. The van der Waals surface area contributed by atoms with Crippen molar-refractivity contribution in [2.24, 2.45) is 169 Å². The van der Waals surface area contributed by atoms with E-state index in [1.54, 1.807) is 0 Å². The zero-order valence-electron chi connectivity index (χ0n) is 63.1. The summed E-state index contributed by atoms with van der Waals surface area (Å²) in [6, 6.07) is 0. The normalized spacial score (nSPS) is 47.5. The lowest BCUT2D eigenvalue weighted by atomic mass is 9.46. The van der Waals surface area contributed by atoms with Gasteiger partial charge >= 0.3 is 0 Å². The van der Waals surface area contributed by atoms with E-state index in [0.29, 0.717) is 68.0 Å². The Morgan fingerprint density at radius 1 is 0.367 bits per heavy atom. The van der Waals surface area contributed by atoms with Gasteiger partial charge in [0, 0.05) is 0 Å². The minimum Gasteiger partial charge on any atom is -0.393 e. The third kappa shape index (κ3) is 13.0. The highest BCUT2D eigenvalue weighted by Gasteiger charge is 2.63. The minimum atomic E-state index is -0.0728. The molecule has 0 amide bonds. The van der Waals surface area contributed by atoms with Crippen LogP contribution in [0.5, 0.6) is 0 Å². The second-order valence-corrected chi connectivity index (χ2v) is 39.1. The van der Waals surface area contributed by atoms with Crippen LogP contribution in [0.2, 0.25) is 0 Å². The summed E-state index contributed by atoms with van der Waals surface area (Å²) in [5.74, 6) is 18.0. The number of rotatable bonds is 16. The van der Waals surface area contributed by atoms with Crippen LogP contribution >= 0.6 is 0 Å². The van der Waals surface area contributed by atoms with Crippen LogP contribution in [0.15, 0.2) is 34.9 Å². The van der Waals surface area contributed by atoms with Crippen LogP contribution in [0.4, 0.5) is 0 Å². The average Bonchev–Trinajstić information content (AvgIpc) is 1.02. The van der Waals surface area contributed by atoms with Gasteiger partial charge in [0.25, 0.3) is 0 Å². The molecule has 0 aliphatic heterocycles. The van der Waals surface area contributed by atoms with Crippen LogP contribution in [0.25, 0.3) is 0 Å². The van der Waals surface area contributed by atoms with Gasteiger partial charge in [-0.2, -0.15) is 0 Å². The largest absolute Gasteiger partial charge is 0.393 e. The average molecular weight is 1240 g/mol. The van der Waals surface area contributed by atoms with Crippen molar-refractivity contribution in [1.29, 1.82) is 0 Å². The molecule has 29 atom stereocenters. The fourth-order valence-electron chi connectivity index (χ4n) is 27.6. The maximum atomic E-state index is 10.5. The predicted molar refractivity (Wildman–Crippen MR) is 385 cm³/mol. The fourth-order valence-corrected chi connectivity index (χ4v) is 27.6. The molecule has 0 spiro atoms. The fraction of sp³-hybridized carbons (Fsp3) is 0.931. The highest BCUT2D eigenvalue weighted by Crippen LogP contribution is 2.71. The van der Waals surface area contributed by atoms with Crippen LogP contribution < -0.4 is 0 Å². The first kappa shape index (κ1) is 71.9. The SMILES string of the molecule is CC(C)C(C)CCC(C)C1CCC2C3=CCC4C(C)C(O)CCC4(C)C3CCC21C.CC(C)CCCC(C)C1CCC2C3=CCC4C(C)C(O)CCC4(C)C3CCC21C.CCC(CCC(C)C1CCC2C3=CCC4C(C)C(O)CCC4(C)C3CCC21C)C(C)C. The van der Waals surface area contributed by atoms with Crippen molar-refractivity contribution in [3.05, 3.63) is 34.9 Å². The van der Waals surface area contributed by atoms with Gasteiger partial charge in [-0.05, 0) is 310 Å². The molecular weight excluding hydrogens is 1090 g/mol. The maximum absolute atomic E-state index is 10.5. The van der Waals surface area contributed by atoms with Crippen LogP contribution in [0.1, 0.15) is 325 Å². The van der Waals surface area contributed by atoms with E-state index in [-0.39, 0.29) is 18.3 Å². The van der Waals surface area contributed by atoms with Crippen LogP contribution in [0, 0.1) is 169 Å². The Kier molecular flexibility index (Phi) is 22.5. The minimum absolute atomic E-state index is 0.0700. The first-order valence-corrected chi connectivity index (χ1v) is 40.5. The summed E-state index contributed by atoms with van der Waals surface area (Å²) in [5.41, 5.74) is 8.53. The Labute approximate surface area is 558 Å². The third-order valence-electron chi connectivity index (χ3n) is 34.1. The standard InChI is InChI=1S/C30H52O.C29H50O.C28H48O/c1-8-22(19(2)3)10-9-20(4)24-13-14-26-23-11-12-25-21(5)28(31)16-18-30(25,7)27(23)15-17-29(24,26)6;1-18(2)19(3)8-9-20(4)23-12-13-25-22-10-11-24-21(5)27(30)15-17-29(24,7)26(22)14-16-28(23,25)6;1-18(2)8-7-9-19(3)22-12-13-24-21-10-11-23-20(4)26(29)15-17-28(23,6)25(21)14-16-27(22,24)5/h11,19-22,24-28,31H,8-10,12-18H2,1-7H3;10,18-21,23-27,30H,8-9,11-17H2,1-7H3;10,18-20,22-26,29H,7-9,11-17H2,1-6H3. The van der Waals surface area contributed by atoms with Crippen LogP contribution in [-0.2, 0) is 0 Å². The van der Waals surface area contributed by atoms with Crippen molar-refractivity contribution in [3.63, 3.8) is 0 Å². The number of fused-ring (bicyclic) bond motifs is 15. The summed E-state index contributed by atoms with van der Waals surface area (Å²) in [6.07, 6.45) is 46.8. The molecule has 12 aliphatic rings. The zero-order valence-corrected chi connectivity index (χ0v) is 63.1. The highest BCUT2D eigenvalue weighted by molar-refractivity contribution is 5.31. The molecule has 9 fully saturated rings. The molecule has 3 N–H and O–H groups in total. The second-order valence-electron chi connectivity index (χ2n) is 39.1. The Bertz CT molecular complexity index is 2460. The molecule has 0 saturated heterocycles. The van der Waals surface area contributed by atoms with Gasteiger partial charge in [0.05, 0.1) is 18.3 Å². The lowest BCUT2D eigenvalue weighted by molar-refractivity contribution is -0.0774. The van der Waals surface area contributed by atoms with E-state index in [2.05, 4.69) is 157 Å². The Balaban J connectivity index is 0.000000149. The maximum Gasteiger partial charge on any atom is 0.0568 e. The lowest BCUT2D eigenvalue weighted by Gasteiger charge is -2.59. The summed E-state index contributed by atoms with van der Waals surface area (Å²) in [4.78, 5) is 0. The van der Waals surface area contributed by atoms with E-state index in [9.17, 15) is 15.3 Å². The van der Waals surface area contributed by atoms with Crippen molar-refractivity contribution >= 4 is 0 Å². The molecule has 0 aromatic carbocycles. The number of allylic oxidation sites excluding steroid dienone is 6. The summed E-state index contributed by atoms with van der Waals surface area (Å²) in [6.45, 7) is 49.7. The monoisotopic (exact) mass is 1240 g/mol. The molecule has 0 radical (unpaired) electrons. The van der Waals surface area contributed by atoms with Gasteiger partial charge in [-0.1, -0.05) is 218 Å². The molecule has 9 saturated carbocycles. The summed E-state index contributed by atoms with van der Waals surface area (Å²) >= 11 is 0. The van der Waals surface area contributed by atoms with Crippen molar-refractivity contribution in [2.75, 3.05) is 0 Å². The van der Waals surface area contributed by atoms with Crippen LogP contribution in [0.3, 0.4) is 0 Å². The van der Waals surface area contributed by atoms with Crippen molar-refractivity contribution in [3.8, 4) is 0 Å². The van der Waals surface area contributed by atoms with Crippen molar-refractivity contribution in [2.45, 2.75) is 343 Å². The molecule has 12 rings (SSSR count). The quantitative estimate of drug-likeness (QED) is 0.135. The molecule has 516 valence electrons. The first-order valence-electron chi connectivity index (χ1n) is 40.5. The Morgan fingerprint density at radius 3 is 0.989 bits per heavy atom. The number of aliphatic hydroxyl groups is 3. The van der Waals surface area contributed by atoms with E-state index >= 15 is 0 Å². The number of aliphatic hydroxyl groups excluding tert-OH is 3. The zero-order chi connectivity index (χ0) is 65.4. The smallest absolute Gasteiger partial charge is 0.0568 e. The van der Waals surface area contributed by atoms with Gasteiger partial charge in [0.2, 0.25) is 0 Å². The topological polar surface area (TPSA) is 60.7 Å². The van der Waals surface area contributed by atoms with Gasteiger partial charge in [0.1, 0.15) is 0 Å². The number of hydrogen-bond acceptors (Lipinski definition) is 3. The van der Waals surface area contributed by atoms with Gasteiger partial charge in [0.15, 0.2) is 0 Å². The molecule has 0 bridgehead atoms. The molecule has 0 aromatic rings. The molecular formula is C87H150O3. The molecule has 0 aromatic heterocycles. The summed E-state index contributed by atoms with van der Waals surface area (Å²) in [5, 5.41) is 31.6. The lowest BCUT2D eigenvalue weighted by Crippen LogP contribution is -2.52. The summed E-state index contributed by atoms with van der Waals surface area (Å²) in [7, 11) is 0. The van der Waals surface area contributed by atoms with E-state index in [1.165, 1.54) is 167 Å². The van der Waals surface area contributed by atoms with E-state index < -0.39 is 0 Å². The van der Waals surface area contributed by atoms with Gasteiger partial charge in [-0.15, -0.1) is 0 Å². The van der Waals surface area contributed by atoms with Crippen molar-refractivity contribution in [1.82, 2.24) is 0 Å². The molecule has 90 heavy (non-hydrogen) atoms. The molecule has 0 heterocycles. The Morgan fingerprint density at radius 2 is 0.678 bits per heavy atom. The first-order chi connectivity index (χ1) is 42.4. The van der Waals surface area contributed by atoms with Gasteiger partial charge in [-0.25, -0.2) is 0 Å². The highest BCUT2D eigenvalue weighted by atomic mass is 16.3. The van der Waals surface area contributed by atoms with E-state index in [1.807, 2.05) is 16.7 Å². The summed E-state index contributed by atoms with van der Waals surface area (Å²) < 4.78 is 0. The van der Waals surface area contributed by atoms with Gasteiger partial charge in [-0.3, -0.25) is 0 Å². The van der Waals surface area contributed by atoms with Crippen LogP contribution in [-0.4, -0.2) is 33.6 Å². The molecule has 12 aliphatic carbocycles. The van der Waals surface area contributed by atoms with Gasteiger partial charge < -0.3 is 15.3 Å². The van der Waals surface area contributed by atoms with Crippen molar-refractivity contribution < 1.29 is 15.3 Å². The predicted octanol–water partition coefficient (Wildman–Crippen LogP) is 23.8.